The molecule has 2 spiro atoms. The van der Waals surface area contributed by atoms with E-state index >= 15 is 0 Å². The van der Waals surface area contributed by atoms with Crippen molar-refractivity contribution in [3.05, 3.63) is 0 Å². The van der Waals surface area contributed by atoms with Gasteiger partial charge in [-0.05, 0) is 105 Å². The highest BCUT2D eigenvalue weighted by molar-refractivity contribution is 5.90. The van der Waals surface area contributed by atoms with Crippen LogP contribution in [0.15, 0.2) is 0 Å². The largest absolute Gasteiger partial charge is 0.460 e. The molecule has 7 aliphatic rings. The second kappa shape index (κ2) is 10.7. The molecular formula is C37H58O10. The third-order valence-electron chi connectivity index (χ3n) is 15.7. The third kappa shape index (κ3) is 4.53. The first-order valence-corrected chi connectivity index (χ1v) is 18.2. The molecule has 2 saturated heterocycles. The quantitative estimate of drug-likeness (QED) is 0.181. The molecule has 0 unspecified atom stereocenters. The van der Waals surface area contributed by atoms with E-state index in [-0.39, 0.29) is 75.6 Å². The van der Waals surface area contributed by atoms with E-state index in [9.17, 15) is 30.0 Å². The molecule has 7 fully saturated rings. The molecular weight excluding hydrogens is 604 g/mol. The zero-order valence-electron chi connectivity index (χ0n) is 29.5. The molecule has 5 aliphatic carbocycles. The Morgan fingerprint density at radius 1 is 0.936 bits per heavy atom. The summed E-state index contributed by atoms with van der Waals surface area (Å²) in [6, 6.07) is 0. The maximum atomic E-state index is 14.2. The summed E-state index contributed by atoms with van der Waals surface area (Å²) in [5.41, 5.74) is -1.34. The fraction of sp³-hybridized carbons (Fsp3) is 0.946. The van der Waals surface area contributed by atoms with Crippen molar-refractivity contribution in [2.24, 2.45) is 50.7 Å². The minimum atomic E-state index is -1.31. The summed E-state index contributed by atoms with van der Waals surface area (Å²) in [7, 11) is 0. The maximum absolute atomic E-state index is 14.2. The van der Waals surface area contributed by atoms with Crippen LogP contribution in [0.3, 0.4) is 0 Å². The van der Waals surface area contributed by atoms with Gasteiger partial charge in [0.05, 0.1) is 18.3 Å². The number of rotatable bonds is 7. The predicted molar refractivity (Wildman–Crippen MR) is 170 cm³/mol. The molecule has 10 heteroatoms. The number of hydrogen-bond donors (Lipinski definition) is 4. The van der Waals surface area contributed by atoms with Gasteiger partial charge in [0.15, 0.2) is 12.1 Å². The number of aliphatic hydroxyl groups is 4. The van der Waals surface area contributed by atoms with Crippen LogP contribution in [-0.4, -0.2) is 93.4 Å². The summed E-state index contributed by atoms with van der Waals surface area (Å²) < 4.78 is 23.7. The van der Waals surface area contributed by atoms with E-state index in [1.54, 1.807) is 0 Å². The number of ether oxygens (including phenoxy) is 4. The highest BCUT2D eigenvalue weighted by Gasteiger charge is 2.84. The Bertz CT molecular complexity index is 1300. The van der Waals surface area contributed by atoms with E-state index in [0.717, 1.165) is 44.9 Å². The third-order valence-corrected chi connectivity index (χ3v) is 15.7. The number of hydrogen-bond acceptors (Lipinski definition) is 10. The highest BCUT2D eigenvalue weighted by atomic mass is 16.7. The molecule has 5 saturated carbocycles. The van der Waals surface area contributed by atoms with Crippen LogP contribution >= 0.6 is 0 Å². The van der Waals surface area contributed by atoms with E-state index < -0.39 is 42.2 Å². The van der Waals surface area contributed by atoms with E-state index in [4.69, 9.17) is 18.9 Å². The van der Waals surface area contributed by atoms with Crippen LogP contribution in [0.4, 0.5) is 0 Å². The van der Waals surface area contributed by atoms with Gasteiger partial charge >= 0.3 is 5.97 Å². The zero-order chi connectivity index (χ0) is 34.3. The van der Waals surface area contributed by atoms with Crippen LogP contribution in [0.25, 0.3) is 0 Å². The number of ketones is 1. The van der Waals surface area contributed by atoms with E-state index in [1.165, 1.54) is 6.92 Å². The Morgan fingerprint density at radius 3 is 2.21 bits per heavy atom. The number of carbonyl (C=O) groups excluding carboxylic acids is 2. The highest BCUT2D eigenvalue weighted by Crippen LogP contribution is 2.89. The van der Waals surface area contributed by atoms with Crippen molar-refractivity contribution in [1.29, 1.82) is 0 Å². The normalized spacial score (nSPS) is 53.5. The Balaban J connectivity index is 1.12. The first kappa shape index (κ1) is 34.3. The molecule has 4 N–H and O–H groups in total. The summed E-state index contributed by atoms with van der Waals surface area (Å²) in [6.07, 6.45) is 0.666. The number of carbonyl (C=O) groups is 2. The van der Waals surface area contributed by atoms with Gasteiger partial charge < -0.3 is 39.4 Å². The lowest BCUT2D eigenvalue weighted by atomic mass is 9.41. The molecule has 0 aromatic carbocycles. The first-order valence-electron chi connectivity index (χ1n) is 18.2. The van der Waals surface area contributed by atoms with Gasteiger partial charge in [-0.15, -0.1) is 0 Å². The minimum Gasteiger partial charge on any atom is -0.460 e. The summed E-state index contributed by atoms with van der Waals surface area (Å²) in [5, 5.41) is 42.8. The van der Waals surface area contributed by atoms with Gasteiger partial charge in [0.2, 0.25) is 0 Å². The van der Waals surface area contributed by atoms with Crippen molar-refractivity contribution in [3.63, 3.8) is 0 Å². The van der Waals surface area contributed by atoms with Gasteiger partial charge in [-0.25, -0.2) is 0 Å². The zero-order valence-corrected chi connectivity index (χ0v) is 29.5. The molecule has 2 aliphatic heterocycles. The van der Waals surface area contributed by atoms with Crippen molar-refractivity contribution < 1.29 is 49.0 Å². The number of aliphatic hydroxyl groups excluding tert-OH is 4. The maximum Gasteiger partial charge on any atom is 0.302 e. The number of epoxide rings is 1. The van der Waals surface area contributed by atoms with Gasteiger partial charge in [0.25, 0.3) is 0 Å². The van der Waals surface area contributed by atoms with Crippen LogP contribution < -0.4 is 0 Å². The molecule has 2 heterocycles. The lowest BCUT2D eigenvalue weighted by Crippen LogP contribution is -2.61. The Labute approximate surface area is 279 Å². The molecule has 16 atom stereocenters. The molecule has 0 aromatic heterocycles. The second-order valence-corrected chi connectivity index (χ2v) is 18.4. The fourth-order valence-electron chi connectivity index (χ4n) is 13.2. The second-order valence-electron chi connectivity index (χ2n) is 18.4. The predicted octanol–water partition coefficient (Wildman–Crippen LogP) is 3.53. The fourth-order valence-corrected chi connectivity index (χ4v) is 13.2. The van der Waals surface area contributed by atoms with E-state index in [0.29, 0.717) is 12.3 Å². The average Bonchev–Trinajstić information content (AvgIpc) is 3.84. The summed E-state index contributed by atoms with van der Waals surface area (Å²) in [4.78, 5) is 26.3. The number of esters is 1. The average molecular weight is 663 g/mol. The number of Topliss-reactive ketones (excluding diaryl/α,β-unsaturated/α-hetero) is 1. The van der Waals surface area contributed by atoms with Gasteiger partial charge in [-0.3, -0.25) is 9.59 Å². The van der Waals surface area contributed by atoms with Crippen molar-refractivity contribution in [3.8, 4) is 0 Å². The summed E-state index contributed by atoms with van der Waals surface area (Å²) in [6.45, 7) is 16.4. The SMILES string of the molecule is CC(=O)O[C@@H](C[C@H](C)[C@@H]1C(=O)[C@@H](O)[C@]2(C)[C@H]3CC[C@@H]4C(C)(C)[C@H](O[C@H]5OC[C@@H](O)[C@@H](O)[C@@H]5O)CC[C@]45C[C@]35CC[C@@]12C)[C@H]1OC1(C)C. The Hall–Kier alpha value is -1.14. The Morgan fingerprint density at radius 2 is 1.57 bits per heavy atom. The van der Waals surface area contributed by atoms with Crippen molar-refractivity contribution in [2.45, 2.75) is 161 Å². The monoisotopic (exact) mass is 662 g/mol. The van der Waals surface area contributed by atoms with Crippen LogP contribution in [0.1, 0.15) is 107 Å². The molecule has 10 nitrogen and oxygen atoms in total. The molecule has 0 amide bonds. The minimum absolute atomic E-state index is 0.0512. The molecule has 0 radical (unpaired) electrons. The van der Waals surface area contributed by atoms with Crippen LogP contribution in [0, 0.1) is 50.7 Å². The lowest BCUT2D eigenvalue weighted by Gasteiger charge is -2.63. The summed E-state index contributed by atoms with van der Waals surface area (Å²) in [5.74, 6) is -0.211. The van der Waals surface area contributed by atoms with E-state index in [2.05, 4.69) is 34.6 Å². The Kier molecular flexibility index (Phi) is 7.80. The van der Waals surface area contributed by atoms with Gasteiger partial charge in [0.1, 0.15) is 36.6 Å². The van der Waals surface area contributed by atoms with Crippen LogP contribution in [0.2, 0.25) is 0 Å². The van der Waals surface area contributed by atoms with Crippen LogP contribution in [-0.2, 0) is 28.5 Å². The van der Waals surface area contributed by atoms with Crippen molar-refractivity contribution in [2.75, 3.05) is 6.61 Å². The molecule has 0 bridgehead atoms. The van der Waals surface area contributed by atoms with Crippen LogP contribution in [0.5, 0.6) is 0 Å². The standard InChI is InChI=1S/C37H58O10/c1-18(15-21(45-19(2)38)30-33(5,6)47-30)25-27(41)29(43)35(8)23-10-9-22-32(3,4)24(46-31-28(42)26(40)20(39)16-44-31)11-12-36(22)17-37(23,36)14-13-34(25,35)7/h18,20-26,28-31,39-40,42-43H,9-17H2,1-8H3/t18-,20+,21-,22+,23+,24+,25+,26+,28-,29+,30+,31+,34-,35-,36-,37+/m0/s1. The number of fused-ring (bicyclic) bond motifs is 2. The smallest absolute Gasteiger partial charge is 0.302 e. The van der Waals surface area contributed by atoms with Gasteiger partial charge in [-0.1, -0.05) is 34.6 Å². The van der Waals surface area contributed by atoms with Gasteiger partial charge in [-0.2, -0.15) is 0 Å². The van der Waals surface area contributed by atoms with E-state index in [1.807, 2.05) is 13.8 Å². The van der Waals surface area contributed by atoms with Crippen molar-refractivity contribution in [1.82, 2.24) is 0 Å². The summed E-state index contributed by atoms with van der Waals surface area (Å²) >= 11 is 0. The topological polar surface area (TPSA) is 155 Å². The molecule has 47 heavy (non-hydrogen) atoms. The lowest BCUT2D eigenvalue weighted by molar-refractivity contribution is -0.303. The first-order chi connectivity index (χ1) is 21.8. The molecule has 266 valence electrons. The van der Waals surface area contributed by atoms with Gasteiger partial charge in [0, 0.05) is 18.3 Å². The molecule has 7 rings (SSSR count). The molecule has 0 aromatic rings. The van der Waals surface area contributed by atoms with Crippen molar-refractivity contribution >= 4 is 11.8 Å².